The Morgan fingerprint density at radius 1 is 1.03 bits per heavy atom. The van der Waals surface area contributed by atoms with Crippen LogP contribution in [0.3, 0.4) is 0 Å². The lowest BCUT2D eigenvalue weighted by Gasteiger charge is -2.18. The molecule has 200 valence electrons. The van der Waals surface area contributed by atoms with Gasteiger partial charge in [0.2, 0.25) is 15.9 Å². The van der Waals surface area contributed by atoms with Crippen molar-refractivity contribution < 1.29 is 22.6 Å². The number of nitrogens with zero attached hydrogens (tertiary/aromatic N) is 2. The van der Waals surface area contributed by atoms with Crippen molar-refractivity contribution >= 4 is 27.8 Å². The van der Waals surface area contributed by atoms with Crippen LogP contribution in [0.2, 0.25) is 0 Å². The fourth-order valence-electron chi connectivity index (χ4n) is 3.84. The molecule has 0 aliphatic heterocycles. The molecule has 11 heteroatoms. The van der Waals surface area contributed by atoms with Crippen molar-refractivity contribution in [3.8, 4) is 11.3 Å². The summed E-state index contributed by atoms with van der Waals surface area (Å²) in [5.74, 6) is 0.211. The molecule has 1 atom stereocenters. The van der Waals surface area contributed by atoms with Gasteiger partial charge in [0.05, 0.1) is 22.1 Å². The van der Waals surface area contributed by atoms with Crippen molar-refractivity contribution in [1.82, 2.24) is 10.1 Å². The summed E-state index contributed by atoms with van der Waals surface area (Å²) >= 11 is 0. The summed E-state index contributed by atoms with van der Waals surface area (Å²) in [5, 5.41) is 15.0. The van der Waals surface area contributed by atoms with E-state index in [9.17, 15) is 23.3 Å². The molecular formula is C28H26N4O6S. The quantitative estimate of drug-likeness (QED) is 0.162. The van der Waals surface area contributed by atoms with Crippen molar-refractivity contribution in [2.24, 2.45) is 5.10 Å². The molecule has 0 aliphatic rings. The molecule has 0 spiro atoms. The SMILES string of the molecule is Cc1ccc(S(=O)(=O)N[C@H](CC(=O)N/N=C\c2ccc(-c3cc([N+](=O)[O-])ccc3C)o2)c2ccccc2)cc1. The molecule has 1 heterocycles. The molecule has 1 amide bonds. The largest absolute Gasteiger partial charge is 0.455 e. The first kappa shape index (κ1) is 27.4. The normalized spacial score (nSPS) is 12.4. The van der Waals surface area contributed by atoms with Crippen LogP contribution in [-0.4, -0.2) is 25.5 Å². The van der Waals surface area contributed by atoms with E-state index < -0.39 is 26.9 Å². The van der Waals surface area contributed by atoms with Gasteiger partial charge in [-0.1, -0.05) is 54.1 Å². The highest BCUT2D eigenvalue weighted by Gasteiger charge is 2.23. The first-order valence-corrected chi connectivity index (χ1v) is 13.4. The van der Waals surface area contributed by atoms with Gasteiger partial charge < -0.3 is 4.42 Å². The van der Waals surface area contributed by atoms with E-state index in [2.05, 4.69) is 15.2 Å². The molecule has 3 aromatic carbocycles. The summed E-state index contributed by atoms with van der Waals surface area (Å²) < 4.78 is 34.3. The highest BCUT2D eigenvalue weighted by atomic mass is 32.2. The molecule has 10 nitrogen and oxygen atoms in total. The fraction of sp³-hybridized carbons (Fsp3) is 0.143. The zero-order valence-electron chi connectivity index (χ0n) is 21.2. The minimum absolute atomic E-state index is 0.0551. The van der Waals surface area contributed by atoms with Crippen molar-refractivity contribution in [2.45, 2.75) is 31.2 Å². The number of carbonyl (C=O) groups excluding carboxylic acids is 1. The maximum atomic E-state index is 13.0. The lowest BCUT2D eigenvalue weighted by atomic mass is 10.0. The van der Waals surface area contributed by atoms with Gasteiger partial charge >= 0.3 is 0 Å². The van der Waals surface area contributed by atoms with E-state index in [1.807, 2.05) is 13.8 Å². The summed E-state index contributed by atoms with van der Waals surface area (Å²) in [6.07, 6.45) is 1.09. The Morgan fingerprint density at radius 2 is 1.74 bits per heavy atom. The van der Waals surface area contributed by atoms with E-state index in [1.54, 1.807) is 60.7 Å². The third-order valence-electron chi connectivity index (χ3n) is 5.93. The second-order valence-electron chi connectivity index (χ2n) is 8.85. The van der Waals surface area contributed by atoms with Crippen molar-refractivity contribution in [3.63, 3.8) is 0 Å². The Bertz CT molecular complexity index is 1610. The van der Waals surface area contributed by atoms with Crippen LogP contribution >= 0.6 is 0 Å². The number of furan rings is 1. The number of aryl methyl sites for hydroxylation is 2. The van der Waals surface area contributed by atoms with Crippen LogP contribution in [0.1, 0.15) is 34.9 Å². The number of non-ortho nitro benzene ring substituents is 1. The van der Waals surface area contributed by atoms with Gasteiger partial charge in [-0.25, -0.2) is 18.6 Å². The number of amides is 1. The summed E-state index contributed by atoms with van der Waals surface area (Å²) in [7, 11) is -3.89. The first-order valence-electron chi connectivity index (χ1n) is 11.9. The lowest BCUT2D eigenvalue weighted by Crippen LogP contribution is -2.32. The van der Waals surface area contributed by atoms with E-state index in [0.717, 1.165) is 11.1 Å². The summed E-state index contributed by atoms with van der Waals surface area (Å²) in [4.78, 5) is 23.4. The molecule has 0 unspecified atom stereocenters. The lowest BCUT2D eigenvalue weighted by molar-refractivity contribution is -0.384. The van der Waals surface area contributed by atoms with Gasteiger partial charge in [-0.2, -0.15) is 5.10 Å². The third-order valence-corrected chi connectivity index (χ3v) is 7.41. The second-order valence-corrected chi connectivity index (χ2v) is 10.6. The average molecular weight is 547 g/mol. The standard InChI is InChI=1S/C28H26N4O6S/c1-19-8-13-24(14-9-19)39(36,37)31-26(21-6-4-3-5-7-21)17-28(33)30-29-18-23-12-15-27(38-23)25-16-22(32(34)35)11-10-20(25)2/h3-16,18,26,31H,17H2,1-2H3,(H,30,33)/b29-18-/t26-/m1/s1. The molecule has 0 fully saturated rings. The van der Waals surface area contributed by atoms with E-state index in [-0.39, 0.29) is 17.0 Å². The molecule has 0 aliphatic carbocycles. The van der Waals surface area contributed by atoms with Crippen LogP contribution in [0.25, 0.3) is 11.3 Å². The van der Waals surface area contributed by atoms with Crippen molar-refractivity contribution in [1.29, 1.82) is 0 Å². The van der Waals surface area contributed by atoms with E-state index in [4.69, 9.17) is 4.42 Å². The Labute approximate surface area is 225 Å². The monoisotopic (exact) mass is 546 g/mol. The number of hydrogen-bond donors (Lipinski definition) is 2. The zero-order chi connectivity index (χ0) is 28.0. The fourth-order valence-corrected chi connectivity index (χ4v) is 5.07. The molecule has 4 rings (SSSR count). The highest BCUT2D eigenvalue weighted by molar-refractivity contribution is 7.89. The van der Waals surface area contributed by atoms with Gasteiger partial charge in [0.25, 0.3) is 5.69 Å². The maximum Gasteiger partial charge on any atom is 0.270 e. The van der Waals surface area contributed by atoms with Crippen molar-refractivity contribution in [2.75, 3.05) is 0 Å². The number of nitro benzene ring substituents is 1. The molecule has 1 aromatic heterocycles. The van der Waals surface area contributed by atoms with Crippen LogP contribution in [-0.2, 0) is 14.8 Å². The predicted molar refractivity (Wildman–Crippen MR) is 147 cm³/mol. The number of nitrogens with one attached hydrogen (secondary N) is 2. The number of carbonyl (C=O) groups is 1. The minimum atomic E-state index is -3.89. The van der Waals surface area contributed by atoms with Crippen LogP contribution in [0, 0.1) is 24.0 Å². The number of rotatable bonds is 10. The topological polar surface area (TPSA) is 144 Å². The Balaban J connectivity index is 1.45. The highest BCUT2D eigenvalue weighted by Crippen LogP contribution is 2.29. The molecule has 2 N–H and O–H groups in total. The summed E-state index contributed by atoms with van der Waals surface area (Å²) in [5.41, 5.74) is 5.25. The third kappa shape index (κ3) is 7.03. The van der Waals surface area contributed by atoms with Gasteiger partial charge in [0.1, 0.15) is 11.5 Å². The number of hydrogen-bond acceptors (Lipinski definition) is 7. The molecule has 4 aromatic rings. The van der Waals surface area contributed by atoms with E-state index in [0.29, 0.717) is 22.6 Å². The summed E-state index contributed by atoms with van der Waals surface area (Å²) in [6.45, 7) is 3.67. The molecular weight excluding hydrogens is 520 g/mol. The van der Waals surface area contributed by atoms with E-state index in [1.165, 1.54) is 30.5 Å². The Kier molecular flexibility index (Phi) is 8.33. The molecule has 39 heavy (non-hydrogen) atoms. The van der Waals surface area contributed by atoms with Crippen LogP contribution in [0.15, 0.2) is 99.3 Å². The molecule has 0 saturated carbocycles. The molecule has 0 saturated heterocycles. The maximum absolute atomic E-state index is 13.0. The van der Waals surface area contributed by atoms with Gasteiger partial charge in [-0.3, -0.25) is 14.9 Å². The van der Waals surface area contributed by atoms with Gasteiger partial charge in [-0.05, 0) is 49.2 Å². The Hall–Kier alpha value is -4.61. The molecule has 0 bridgehead atoms. The summed E-state index contributed by atoms with van der Waals surface area (Å²) in [6, 6.07) is 22.1. The zero-order valence-corrected chi connectivity index (χ0v) is 22.0. The first-order chi connectivity index (χ1) is 18.6. The van der Waals surface area contributed by atoms with Gasteiger partial charge in [0, 0.05) is 24.1 Å². The smallest absolute Gasteiger partial charge is 0.270 e. The Morgan fingerprint density at radius 3 is 2.44 bits per heavy atom. The number of hydrazone groups is 1. The minimum Gasteiger partial charge on any atom is -0.455 e. The van der Waals surface area contributed by atoms with Crippen LogP contribution < -0.4 is 10.1 Å². The van der Waals surface area contributed by atoms with E-state index >= 15 is 0 Å². The van der Waals surface area contributed by atoms with Gasteiger partial charge in [0.15, 0.2) is 0 Å². The van der Waals surface area contributed by atoms with Crippen molar-refractivity contribution in [3.05, 3.63) is 117 Å². The number of sulfonamides is 1. The molecule has 0 radical (unpaired) electrons. The number of benzene rings is 3. The average Bonchev–Trinajstić information content (AvgIpc) is 3.37. The number of nitro groups is 1. The van der Waals surface area contributed by atoms with Gasteiger partial charge in [-0.15, -0.1) is 0 Å². The predicted octanol–water partition coefficient (Wildman–Crippen LogP) is 5.03. The second kappa shape index (κ2) is 11.8. The van der Waals surface area contributed by atoms with Crippen LogP contribution in [0.5, 0.6) is 0 Å². The van der Waals surface area contributed by atoms with Crippen LogP contribution in [0.4, 0.5) is 5.69 Å².